The van der Waals surface area contributed by atoms with E-state index in [4.69, 9.17) is 4.74 Å². The maximum absolute atomic E-state index is 5.52. The van der Waals surface area contributed by atoms with Crippen LogP contribution in [0.15, 0.2) is 48.8 Å². The van der Waals surface area contributed by atoms with Crippen molar-refractivity contribution in [1.82, 2.24) is 9.38 Å². The molecule has 0 spiro atoms. The van der Waals surface area contributed by atoms with Gasteiger partial charge in [0.05, 0.1) is 12.3 Å². The van der Waals surface area contributed by atoms with E-state index in [1.165, 1.54) is 5.56 Å². The number of imidazole rings is 1. The Hall–Kier alpha value is -2.29. The SMILES string of the molecule is c1ccn2cc(-c3ccc4c(c3)CCO4)nc2c1. The lowest BCUT2D eigenvalue weighted by Gasteiger charge is -2.00. The van der Waals surface area contributed by atoms with Crippen LogP contribution in [0.5, 0.6) is 5.75 Å². The van der Waals surface area contributed by atoms with Crippen LogP contribution in [-0.2, 0) is 6.42 Å². The molecule has 4 rings (SSSR count). The summed E-state index contributed by atoms with van der Waals surface area (Å²) < 4.78 is 7.56. The van der Waals surface area contributed by atoms with Gasteiger partial charge in [0.2, 0.25) is 0 Å². The van der Waals surface area contributed by atoms with Gasteiger partial charge in [-0.3, -0.25) is 0 Å². The lowest BCUT2D eigenvalue weighted by Crippen LogP contribution is -1.85. The van der Waals surface area contributed by atoms with Crippen LogP contribution in [0, 0.1) is 0 Å². The Balaban J connectivity index is 1.86. The quantitative estimate of drug-likeness (QED) is 0.649. The number of ether oxygens (including phenoxy) is 1. The third-order valence-electron chi connectivity index (χ3n) is 3.35. The fraction of sp³-hybridized carbons (Fsp3) is 0.133. The van der Waals surface area contributed by atoms with Gasteiger partial charge in [0, 0.05) is 24.4 Å². The molecule has 3 nitrogen and oxygen atoms in total. The van der Waals surface area contributed by atoms with Crippen LogP contribution in [0.1, 0.15) is 5.56 Å². The summed E-state index contributed by atoms with van der Waals surface area (Å²) in [5, 5.41) is 0. The molecule has 0 atom stereocenters. The van der Waals surface area contributed by atoms with Gasteiger partial charge in [0.15, 0.2) is 0 Å². The summed E-state index contributed by atoms with van der Waals surface area (Å²) in [6.07, 6.45) is 5.08. The van der Waals surface area contributed by atoms with Gasteiger partial charge in [-0.2, -0.15) is 0 Å². The molecular weight excluding hydrogens is 224 g/mol. The normalized spacial score (nSPS) is 13.6. The van der Waals surface area contributed by atoms with Gasteiger partial charge in [0.25, 0.3) is 0 Å². The number of fused-ring (bicyclic) bond motifs is 2. The molecule has 0 radical (unpaired) electrons. The summed E-state index contributed by atoms with van der Waals surface area (Å²) in [5.74, 6) is 1.02. The van der Waals surface area contributed by atoms with Crippen LogP contribution < -0.4 is 4.74 Å². The van der Waals surface area contributed by atoms with Crippen molar-refractivity contribution >= 4 is 5.65 Å². The van der Waals surface area contributed by atoms with Crippen molar-refractivity contribution in [3.05, 3.63) is 54.4 Å². The van der Waals surface area contributed by atoms with Crippen molar-refractivity contribution in [3.8, 4) is 17.0 Å². The zero-order chi connectivity index (χ0) is 11.9. The van der Waals surface area contributed by atoms with Crippen LogP contribution in [0.4, 0.5) is 0 Å². The van der Waals surface area contributed by atoms with Gasteiger partial charge in [-0.05, 0) is 35.9 Å². The minimum Gasteiger partial charge on any atom is -0.493 e. The van der Waals surface area contributed by atoms with E-state index in [1.54, 1.807) is 0 Å². The van der Waals surface area contributed by atoms with E-state index in [-0.39, 0.29) is 0 Å². The zero-order valence-corrected chi connectivity index (χ0v) is 9.84. The molecule has 3 heteroatoms. The standard InChI is InChI=1S/C15H12N2O/c1-2-7-17-10-13(16-15(17)3-1)11-4-5-14-12(9-11)6-8-18-14/h1-5,7,9-10H,6,8H2. The number of nitrogens with zero attached hydrogens (tertiary/aromatic N) is 2. The summed E-state index contributed by atoms with van der Waals surface area (Å²) in [6.45, 7) is 0.796. The number of hydrogen-bond donors (Lipinski definition) is 0. The first kappa shape index (κ1) is 9.71. The summed E-state index contributed by atoms with van der Waals surface area (Å²) >= 11 is 0. The predicted molar refractivity (Wildman–Crippen MR) is 69.8 cm³/mol. The van der Waals surface area contributed by atoms with Crippen LogP contribution in [0.3, 0.4) is 0 Å². The molecule has 0 saturated heterocycles. The Morgan fingerprint density at radius 3 is 3.11 bits per heavy atom. The average Bonchev–Trinajstić information content (AvgIpc) is 3.04. The van der Waals surface area contributed by atoms with E-state index in [0.717, 1.165) is 35.7 Å². The number of hydrogen-bond acceptors (Lipinski definition) is 2. The highest BCUT2D eigenvalue weighted by Crippen LogP contribution is 2.30. The molecule has 0 aliphatic carbocycles. The molecule has 0 amide bonds. The monoisotopic (exact) mass is 236 g/mol. The van der Waals surface area contributed by atoms with Crippen LogP contribution in [-0.4, -0.2) is 16.0 Å². The third-order valence-corrected chi connectivity index (χ3v) is 3.35. The second kappa shape index (κ2) is 3.60. The van der Waals surface area contributed by atoms with Crippen LogP contribution in [0.2, 0.25) is 0 Å². The number of rotatable bonds is 1. The number of pyridine rings is 1. The van der Waals surface area contributed by atoms with E-state index in [9.17, 15) is 0 Å². The fourth-order valence-corrected chi connectivity index (χ4v) is 2.42. The van der Waals surface area contributed by atoms with Crippen molar-refractivity contribution in [2.24, 2.45) is 0 Å². The van der Waals surface area contributed by atoms with Crippen LogP contribution in [0.25, 0.3) is 16.9 Å². The molecular formula is C15H12N2O. The third kappa shape index (κ3) is 1.40. The summed E-state index contributed by atoms with van der Waals surface area (Å²) in [4.78, 5) is 4.63. The maximum Gasteiger partial charge on any atom is 0.137 e. The maximum atomic E-state index is 5.52. The van der Waals surface area contributed by atoms with E-state index in [1.807, 2.05) is 34.9 Å². The molecule has 0 N–H and O–H groups in total. The van der Waals surface area contributed by atoms with Crippen LogP contribution >= 0.6 is 0 Å². The lowest BCUT2D eigenvalue weighted by molar-refractivity contribution is 0.357. The topological polar surface area (TPSA) is 26.5 Å². The van der Waals surface area contributed by atoms with Crippen molar-refractivity contribution < 1.29 is 4.74 Å². The Labute approximate surface area is 105 Å². The Morgan fingerprint density at radius 1 is 1.17 bits per heavy atom. The van der Waals surface area contributed by atoms with E-state index < -0.39 is 0 Å². The first-order chi connectivity index (χ1) is 8.90. The molecule has 2 aromatic heterocycles. The first-order valence-electron chi connectivity index (χ1n) is 6.10. The largest absolute Gasteiger partial charge is 0.493 e. The molecule has 0 fully saturated rings. The van der Waals surface area contributed by atoms with Gasteiger partial charge in [-0.15, -0.1) is 0 Å². The van der Waals surface area contributed by atoms with Crippen molar-refractivity contribution in [2.75, 3.05) is 6.61 Å². The van der Waals surface area contributed by atoms with Crippen molar-refractivity contribution in [2.45, 2.75) is 6.42 Å². The molecule has 88 valence electrons. The Bertz CT molecular complexity index is 697. The van der Waals surface area contributed by atoms with Gasteiger partial charge in [0.1, 0.15) is 11.4 Å². The van der Waals surface area contributed by atoms with Gasteiger partial charge >= 0.3 is 0 Å². The second-order valence-electron chi connectivity index (χ2n) is 4.51. The molecule has 3 aromatic rings. The summed E-state index contributed by atoms with van der Waals surface area (Å²) in [7, 11) is 0. The summed E-state index contributed by atoms with van der Waals surface area (Å²) in [6, 6.07) is 12.3. The molecule has 0 saturated carbocycles. The predicted octanol–water partition coefficient (Wildman–Crippen LogP) is 2.94. The molecule has 3 heterocycles. The minimum absolute atomic E-state index is 0.796. The molecule has 1 aliphatic heterocycles. The van der Waals surface area contributed by atoms with Gasteiger partial charge in [-0.25, -0.2) is 4.98 Å². The molecule has 1 aromatic carbocycles. The second-order valence-corrected chi connectivity index (χ2v) is 4.51. The minimum atomic E-state index is 0.796. The zero-order valence-electron chi connectivity index (χ0n) is 9.84. The van der Waals surface area contributed by atoms with Crippen molar-refractivity contribution in [3.63, 3.8) is 0 Å². The van der Waals surface area contributed by atoms with E-state index in [2.05, 4.69) is 23.3 Å². The van der Waals surface area contributed by atoms with Crippen molar-refractivity contribution in [1.29, 1.82) is 0 Å². The number of benzene rings is 1. The average molecular weight is 236 g/mol. The number of aromatic nitrogens is 2. The molecule has 1 aliphatic rings. The van der Waals surface area contributed by atoms with Gasteiger partial charge < -0.3 is 9.14 Å². The van der Waals surface area contributed by atoms with Gasteiger partial charge in [-0.1, -0.05) is 6.07 Å². The summed E-state index contributed by atoms with van der Waals surface area (Å²) in [5.41, 5.74) is 4.42. The molecule has 0 bridgehead atoms. The highest BCUT2D eigenvalue weighted by atomic mass is 16.5. The Kier molecular flexibility index (Phi) is 1.94. The molecule has 0 unspecified atom stereocenters. The van der Waals surface area contributed by atoms with E-state index >= 15 is 0 Å². The smallest absolute Gasteiger partial charge is 0.137 e. The fourth-order valence-electron chi connectivity index (χ4n) is 2.42. The first-order valence-corrected chi connectivity index (χ1v) is 6.10. The van der Waals surface area contributed by atoms with E-state index in [0.29, 0.717) is 0 Å². The Morgan fingerprint density at radius 2 is 2.17 bits per heavy atom. The lowest BCUT2D eigenvalue weighted by atomic mass is 10.1. The highest BCUT2D eigenvalue weighted by Gasteiger charge is 2.13. The highest BCUT2D eigenvalue weighted by molar-refractivity contribution is 5.65. The molecule has 18 heavy (non-hydrogen) atoms.